The lowest BCUT2D eigenvalue weighted by Gasteiger charge is -2.24. The molecule has 0 heterocycles. The van der Waals surface area contributed by atoms with Gasteiger partial charge >= 0.3 is 0 Å². The van der Waals surface area contributed by atoms with Crippen molar-refractivity contribution in [2.45, 2.75) is 19.8 Å². The van der Waals surface area contributed by atoms with Crippen molar-refractivity contribution in [1.29, 1.82) is 0 Å². The van der Waals surface area contributed by atoms with Crippen LogP contribution in [0.2, 0.25) is 0 Å². The summed E-state index contributed by atoms with van der Waals surface area (Å²) in [6.07, 6.45) is 5.28. The molecule has 1 unspecified atom stereocenters. The number of aldehydes is 1. The Bertz CT molecular complexity index is 468. The maximum Gasteiger partial charge on any atom is 0.150 e. The molecule has 96 valence electrons. The summed E-state index contributed by atoms with van der Waals surface area (Å²) >= 11 is 3.43. The molecule has 2 rings (SSSR count). The molecule has 0 aromatic heterocycles. The summed E-state index contributed by atoms with van der Waals surface area (Å²) in [5.74, 6) is 0.519. The molecule has 0 aliphatic heterocycles. The van der Waals surface area contributed by atoms with E-state index in [0.717, 1.165) is 47.8 Å². The van der Waals surface area contributed by atoms with Crippen molar-refractivity contribution in [3.8, 4) is 0 Å². The molecule has 0 amide bonds. The fraction of sp³-hybridized carbons (Fsp3) is 0.400. The molecule has 3 heteroatoms. The molecule has 0 bridgehead atoms. The minimum atomic E-state index is 0.519. The highest BCUT2D eigenvalue weighted by Gasteiger charge is 2.19. The summed E-state index contributed by atoms with van der Waals surface area (Å²) in [6, 6.07) is 5.98. The number of carbonyl (C=O) groups excluding carboxylic acids is 1. The summed E-state index contributed by atoms with van der Waals surface area (Å²) in [5, 5.41) is 4.45. The highest BCUT2D eigenvalue weighted by atomic mass is 79.9. The lowest BCUT2D eigenvalue weighted by Crippen LogP contribution is -2.21. The van der Waals surface area contributed by atoms with Crippen LogP contribution in [0.15, 0.2) is 24.3 Å². The molecule has 0 saturated heterocycles. The standard InChI is InChI=1S/C15H18BrNO/c1-11-8-12-4-2-5-13(10-18)15(12)14(9-11)17-7-3-6-16/h2,4-5,9-11,17H,3,6-8H2,1H3. The zero-order valence-corrected chi connectivity index (χ0v) is 12.2. The topological polar surface area (TPSA) is 29.1 Å². The first-order valence-corrected chi connectivity index (χ1v) is 7.47. The monoisotopic (exact) mass is 307 g/mol. The van der Waals surface area contributed by atoms with Gasteiger partial charge in [-0.1, -0.05) is 47.1 Å². The van der Waals surface area contributed by atoms with Gasteiger partial charge < -0.3 is 5.32 Å². The molecule has 0 saturated carbocycles. The third kappa shape index (κ3) is 2.83. The number of alkyl halides is 1. The third-order valence-corrected chi connectivity index (χ3v) is 3.76. The van der Waals surface area contributed by atoms with Crippen LogP contribution in [0.4, 0.5) is 0 Å². The quantitative estimate of drug-likeness (QED) is 0.513. The second kappa shape index (κ2) is 6.19. The van der Waals surface area contributed by atoms with Gasteiger partial charge in [-0.2, -0.15) is 0 Å². The molecular weight excluding hydrogens is 290 g/mol. The van der Waals surface area contributed by atoms with Crippen molar-refractivity contribution in [2.75, 3.05) is 11.9 Å². The van der Waals surface area contributed by atoms with Gasteiger partial charge in [-0.15, -0.1) is 0 Å². The number of fused-ring (bicyclic) bond motifs is 1. The van der Waals surface area contributed by atoms with Crippen molar-refractivity contribution < 1.29 is 4.79 Å². The minimum absolute atomic E-state index is 0.519. The van der Waals surface area contributed by atoms with Crippen LogP contribution in [-0.4, -0.2) is 18.2 Å². The second-order valence-corrected chi connectivity index (χ2v) is 5.52. The number of carbonyl (C=O) groups is 1. The second-order valence-electron chi connectivity index (χ2n) is 4.73. The highest BCUT2D eigenvalue weighted by Crippen LogP contribution is 2.29. The van der Waals surface area contributed by atoms with E-state index in [4.69, 9.17) is 0 Å². The van der Waals surface area contributed by atoms with Gasteiger partial charge in [0.05, 0.1) is 0 Å². The average Bonchev–Trinajstić information content (AvgIpc) is 2.37. The van der Waals surface area contributed by atoms with Crippen LogP contribution in [0.1, 0.15) is 34.8 Å². The van der Waals surface area contributed by atoms with Gasteiger partial charge in [0.15, 0.2) is 6.29 Å². The van der Waals surface area contributed by atoms with Gasteiger partial charge in [-0.05, 0) is 24.3 Å². The van der Waals surface area contributed by atoms with Crippen LogP contribution < -0.4 is 5.32 Å². The largest absolute Gasteiger partial charge is 0.385 e. The number of allylic oxidation sites excluding steroid dienone is 1. The smallest absolute Gasteiger partial charge is 0.150 e. The van der Waals surface area contributed by atoms with Crippen LogP contribution in [0.25, 0.3) is 5.70 Å². The molecule has 1 aliphatic carbocycles. The first-order valence-electron chi connectivity index (χ1n) is 6.35. The summed E-state index contributed by atoms with van der Waals surface area (Å²) in [6.45, 7) is 3.14. The van der Waals surface area contributed by atoms with Crippen LogP contribution in [0.5, 0.6) is 0 Å². The maximum atomic E-state index is 11.2. The lowest BCUT2D eigenvalue weighted by atomic mass is 9.86. The van der Waals surface area contributed by atoms with E-state index in [2.05, 4.69) is 40.3 Å². The molecule has 1 atom stereocenters. The van der Waals surface area contributed by atoms with Crippen molar-refractivity contribution >= 4 is 27.9 Å². The van der Waals surface area contributed by atoms with Crippen LogP contribution in [0, 0.1) is 5.92 Å². The molecule has 2 nitrogen and oxygen atoms in total. The molecule has 1 aromatic carbocycles. The van der Waals surface area contributed by atoms with Crippen LogP contribution in [-0.2, 0) is 6.42 Å². The number of nitrogens with one attached hydrogen (secondary N) is 1. The van der Waals surface area contributed by atoms with Gasteiger partial charge in [0, 0.05) is 28.7 Å². The molecule has 1 aromatic rings. The molecule has 0 spiro atoms. The summed E-state index contributed by atoms with van der Waals surface area (Å²) in [5.41, 5.74) is 4.28. The molecule has 1 N–H and O–H groups in total. The Morgan fingerprint density at radius 2 is 2.33 bits per heavy atom. The third-order valence-electron chi connectivity index (χ3n) is 3.20. The van der Waals surface area contributed by atoms with Gasteiger partial charge in [0.2, 0.25) is 0 Å². The zero-order chi connectivity index (χ0) is 13.0. The average molecular weight is 308 g/mol. The Morgan fingerprint density at radius 3 is 3.06 bits per heavy atom. The van der Waals surface area contributed by atoms with Crippen LogP contribution >= 0.6 is 15.9 Å². The maximum absolute atomic E-state index is 11.2. The van der Waals surface area contributed by atoms with Crippen LogP contribution in [0.3, 0.4) is 0 Å². The van der Waals surface area contributed by atoms with Crippen molar-refractivity contribution in [1.82, 2.24) is 5.32 Å². The molecule has 1 aliphatic rings. The zero-order valence-electron chi connectivity index (χ0n) is 10.6. The Hall–Kier alpha value is -1.09. The van der Waals surface area contributed by atoms with E-state index in [1.165, 1.54) is 5.56 Å². The SMILES string of the molecule is CC1C=C(NCCCBr)c2c(C=O)cccc2C1. The number of hydrogen-bond donors (Lipinski definition) is 1. The van der Waals surface area contributed by atoms with Gasteiger partial charge in [0.1, 0.15) is 0 Å². The predicted octanol–water partition coefficient (Wildman–Crippen LogP) is 3.41. The number of rotatable bonds is 5. The summed E-state index contributed by atoms with van der Waals surface area (Å²) in [7, 11) is 0. The van der Waals surface area contributed by atoms with E-state index < -0.39 is 0 Å². The molecular formula is C15H18BrNO. The number of benzene rings is 1. The van der Waals surface area contributed by atoms with Crippen molar-refractivity contribution in [3.05, 3.63) is 41.0 Å². The first kappa shape index (κ1) is 13.3. The molecule has 0 fully saturated rings. The van der Waals surface area contributed by atoms with E-state index in [-0.39, 0.29) is 0 Å². The van der Waals surface area contributed by atoms with Gasteiger partial charge in [0.25, 0.3) is 0 Å². The summed E-state index contributed by atoms with van der Waals surface area (Å²) < 4.78 is 0. The van der Waals surface area contributed by atoms with Crippen molar-refractivity contribution in [3.63, 3.8) is 0 Å². The molecule has 18 heavy (non-hydrogen) atoms. The Labute approximate surface area is 117 Å². The lowest BCUT2D eigenvalue weighted by molar-refractivity contribution is 0.112. The van der Waals surface area contributed by atoms with E-state index in [1.807, 2.05) is 12.1 Å². The Balaban J connectivity index is 2.32. The van der Waals surface area contributed by atoms with Gasteiger partial charge in [-0.3, -0.25) is 4.79 Å². The fourth-order valence-electron chi connectivity index (χ4n) is 2.43. The number of hydrogen-bond acceptors (Lipinski definition) is 2. The molecule has 0 radical (unpaired) electrons. The predicted molar refractivity (Wildman–Crippen MR) is 79.1 cm³/mol. The Kier molecular flexibility index (Phi) is 4.59. The van der Waals surface area contributed by atoms with E-state index >= 15 is 0 Å². The van der Waals surface area contributed by atoms with Crippen molar-refractivity contribution in [2.24, 2.45) is 5.92 Å². The van der Waals surface area contributed by atoms with Gasteiger partial charge in [-0.25, -0.2) is 0 Å². The normalized spacial score (nSPS) is 17.9. The fourth-order valence-corrected chi connectivity index (χ4v) is 2.71. The van der Waals surface area contributed by atoms with E-state index in [1.54, 1.807) is 0 Å². The summed E-state index contributed by atoms with van der Waals surface area (Å²) in [4.78, 5) is 11.2. The minimum Gasteiger partial charge on any atom is -0.385 e. The van der Waals surface area contributed by atoms with E-state index in [9.17, 15) is 4.79 Å². The first-order chi connectivity index (χ1) is 8.76. The Morgan fingerprint density at radius 1 is 1.50 bits per heavy atom. The highest BCUT2D eigenvalue weighted by molar-refractivity contribution is 9.09. The van der Waals surface area contributed by atoms with E-state index in [0.29, 0.717) is 5.92 Å². The number of halogens is 1.